The Morgan fingerprint density at radius 1 is 1.57 bits per heavy atom. The lowest BCUT2D eigenvalue weighted by Crippen LogP contribution is -2.32. The van der Waals surface area contributed by atoms with Crippen molar-refractivity contribution in [2.75, 3.05) is 19.8 Å². The smallest absolute Gasteiger partial charge is 0.157 e. The molecule has 0 amide bonds. The predicted octanol–water partition coefficient (Wildman–Crippen LogP) is 1.49. The van der Waals surface area contributed by atoms with Crippen LogP contribution in [0.3, 0.4) is 0 Å². The molecule has 2 unspecified atom stereocenters. The Kier molecular flexibility index (Phi) is 3.34. The molecule has 0 aromatic carbocycles. The molecule has 3 nitrogen and oxygen atoms in total. The summed E-state index contributed by atoms with van der Waals surface area (Å²) in [6.07, 6.45) is 1.12. The minimum absolute atomic E-state index is 0.493. The van der Waals surface area contributed by atoms with E-state index in [4.69, 9.17) is 4.74 Å². The van der Waals surface area contributed by atoms with Gasteiger partial charge in [0.25, 0.3) is 0 Å². The molecule has 2 heterocycles. The second-order valence-corrected chi connectivity index (χ2v) is 5.48. The Labute approximate surface area is 89.7 Å². The molecule has 0 saturated carbocycles. The highest BCUT2D eigenvalue weighted by molar-refractivity contribution is 8.14. The van der Waals surface area contributed by atoms with Crippen LogP contribution in [0, 0.1) is 5.92 Å². The molecule has 1 saturated heterocycles. The lowest BCUT2D eigenvalue weighted by molar-refractivity contribution is 0.192. The molecule has 1 fully saturated rings. The van der Waals surface area contributed by atoms with Gasteiger partial charge in [-0.25, -0.2) is 0 Å². The maximum atomic E-state index is 5.31. The lowest BCUT2D eigenvalue weighted by Gasteiger charge is -2.14. The summed E-state index contributed by atoms with van der Waals surface area (Å²) in [5.74, 6) is 0.711. The fourth-order valence-corrected chi connectivity index (χ4v) is 2.73. The van der Waals surface area contributed by atoms with Gasteiger partial charge in [0.05, 0.1) is 19.2 Å². The molecular formula is C10H18N2OS. The van der Waals surface area contributed by atoms with Gasteiger partial charge in [-0.3, -0.25) is 4.99 Å². The third kappa shape index (κ3) is 2.42. The summed E-state index contributed by atoms with van der Waals surface area (Å²) in [7, 11) is 0. The summed E-state index contributed by atoms with van der Waals surface area (Å²) < 4.78 is 5.31. The molecule has 1 N–H and O–H groups in total. The zero-order chi connectivity index (χ0) is 9.97. The topological polar surface area (TPSA) is 33.6 Å². The zero-order valence-electron chi connectivity index (χ0n) is 8.82. The third-order valence-corrected chi connectivity index (χ3v) is 4.15. The van der Waals surface area contributed by atoms with E-state index in [9.17, 15) is 0 Å². The van der Waals surface area contributed by atoms with Gasteiger partial charge in [-0.1, -0.05) is 25.6 Å². The van der Waals surface area contributed by atoms with Gasteiger partial charge in [-0.05, 0) is 12.3 Å². The summed E-state index contributed by atoms with van der Waals surface area (Å²) in [5, 5.41) is 5.24. The average molecular weight is 214 g/mol. The highest BCUT2D eigenvalue weighted by atomic mass is 32.2. The first-order valence-electron chi connectivity index (χ1n) is 5.31. The molecule has 4 heteroatoms. The van der Waals surface area contributed by atoms with Crippen LogP contribution in [0.5, 0.6) is 0 Å². The molecule has 2 aliphatic heterocycles. The van der Waals surface area contributed by atoms with Crippen molar-refractivity contribution in [3.8, 4) is 0 Å². The SMILES string of the molecule is CC(C)C1CN=C(NC2CCOC2)S1. The van der Waals surface area contributed by atoms with E-state index in [1.807, 2.05) is 11.8 Å². The van der Waals surface area contributed by atoms with Gasteiger partial charge < -0.3 is 10.1 Å². The van der Waals surface area contributed by atoms with E-state index in [2.05, 4.69) is 24.2 Å². The highest BCUT2D eigenvalue weighted by Gasteiger charge is 2.25. The monoisotopic (exact) mass is 214 g/mol. The normalized spacial score (nSPS) is 32.4. The average Bonchev–Trinajstić information content (AvgIpc) is 2.75. The Morgan fingerprint density at radius 3 is 3.00 bits per heavy atom. The second-order valence-electron chi connectivity index (χ2n) is 4.25. The van der Waals surface area contributed by atoms with Crippen LogP contribution in [0.25, 0.3) is 0 Å². The molecule has 0 spiro atoms. The summed E-state index contributed by atoms with van der Waals surface area (Å²) in [4.78, 5) is 4.51. The quantitative estimate of drug-likeness (QED) is 0.756. The first kappa shape index (κ1) is 10.3. The molecular weight excluding hydrogens is 196 g/mol. The van der Waals surface area contributed by atoms with Crippen molar-refractivity contribution < 1.29 is 4.74 Å². The van der Waals surface area contributed by atoms with E-state index in [1.54, 1.807) is 0 Å². The predicted molar refractivity (Wildman–Crippen MR) is 60.9 cm³/mol. The number of ether oxygens (including phenoxy) is 1. The number of nitrogens with one attached hydrogen (secondary N) is 1. The van der Waals surface area contributed by atoms with Crippen molar-refractivity contribution >= 4 is 16.9 Å². The third-order valence-electron chi connectivity index (χ3n) is 2.68. The van der Waals surface area contributed by atoms with Crippen LogP contribution in [0.2, 0.25) is 0 Å². The van der Waals surface area contributed by atoms with Gasteiger partial charge in [0.1, 0.15) is 0 Å². The van der Waals surface area contributed by atoms with E-state index in [-0.39, 0.29) is 0 Å². The largest absolute Gasteiger partial charge is 0.379 e. The molecule has 0 aromatic heterocycles. The summed E-state index contributed by atoms with van der Waals surface area (Å²) in [6.45, 7) is 7.22. The highest BCUT2D eigenvalue weighted by Crippen LogP contribution is 2.26. The Hall–Kier alpha value is -0.220. The number of aliphatic imine (C=N–C) groups is 1. The van der Waals surface area contributed by atoms with Gasteiger partial charge in [0, 0.05) is 11.9 Å². The first-order chi connectivity index (χ1) is 6.75. The van der Waals surface area contributed by atoms with Crippen molar-refractivity contribution in [3.63, 3.8) is 0 Å². The van der Waals surface area contributed by atoms with Crippen molar-refractivity contribution in [2.45, 2.75) is 31.6 Å². The van der Waals surface area contributed by atoms with Crippen LogP contribution in [0.15, 0.2) is 4.99 Å². The number of rotatable bonds is 2. The van der Waals surface area contributed by atoms with Gasteiger partial charge >= 0.3 is 0 Å². The standard InChI is InChI=1S/C10H18N2OS/c1-7(2)9-5-11-10(14-9)12-8-3-4-13-6-8/h7-9H,3-6H2,1-2H3,(H,11,12). The van der Waals surface area contributed by atoms with E-state index in [0.717, 1.165) is 31.3 Å². The number of hydrogen-bond donors (Lipinski definition) is 1. The number of nitrogens with zero attached hydrogens (tertiary/aromatic N) is 1. The molecule has 0 aliphatic carbocycles. The zero-order valence-corrected chi connectivity index (χ0v) is 9.64. The van der Waals surface area contributed by atoms with Gasteiger partial charge in [-0.15, -0.1) is 0 Å². The molecule has 0 aromatic rings. The Balaban J connectivity index is 1.77. The van der Waals surface area contributed by atoms with E-state index in [1.165, 1.54) is 0 Å². The number of thioether (sulfide) groups is 1. The first-order valence-corrected chi connectivity index (χ1v) is 6.19. The van der Waals surface area contributed by atoms with E-state index in [0.29, 0.717) is 17.2 Å². The molecule has 0 bridgehead atoms. The van der Waals surface area contributed by atoms with Gasteiger partial charge in [-0.2, -0.15) is 0 Å². The molecule has 14 heavy (non-hydrogen) atoms. The van der Waals surface area contributed by atoms with Crippen LogP contribution in [0.1, 0.15) is 20.3 Å². The van der Waals surface area contributed by atoms with Crippen LogP contribution < -0.4 is 5.32 Å². The fraction of sp³-hybridized carbons (Fsp3) is 0.900. The fourth-order valence-electron chi connectivity index (χ4n) is 1.64. The van der Waals surface area contributed by atoms with Crippen LogP contribution in [-0.2, 0) is 4.74 Å². The minimum Gasteiger partial charge on any atom is -0.379 e. The van der Waals surface area contributed by atoms with Crippen molar-refractivity contribution in [1.82, 2.24) is 5.32 Å². The summed E-state index contributed by atoms with van der Waals surface area (Å²) in [6, 6.07) is 0.493. The van der Waals surface area contributed by atoms with Crippen LogP contribution in [-0.4, -0.2) is 36.2 Å². The van der Waals surface area contributed by atoms with Crippen molar-refractivity contribution in [2.24, 2.45) is 10.9 Å². The van der Waals surface area contributed by atoms with Crippen molar-refractivity contribution in [1.29, 1.82) is 0 Å². The van der Waals surface area contributed by atoms with Crippen LogP contribution >= 0.6 is 11.8 Å². The Bertz CT molecular complexity index is 224. The minimum atomic E-state index is 0.493. The molecule has 2 rings (SSSR count). The van der Waals surface area contributed by atoms with Gasteiger partial charge in [0.2, 0.25) is 0 Å². The summed E-state index contributed by atoms with van der Waals surface area (Å²) in [5.41, 5.74) is 0. The second kappa shape index (κ2) is 4.53. The molecule has 2 atom stereocenters. The lowest BCUT2D eigenvalue weighted by atomic mass is 10.1. The molecule has 80 valence electrons. The summed E-state index contributed by atoms with van der Waals surface area (Å²) >= 11 is 1.89. The van der Waals surface area contributed by atoms with E-state index >= 15 is 0 Å². The number of amidine groups is 1. The number of hydrogen-bond acceptors (Lipinski definition) is 4. The maximum Gasteiger partial charge on any atom is 0.157 e. The maximum absolute atomic E-state index is 5.31. The van der Waals surface area contributed by atoms with Crippen LogP contribution in [0.4, 0.5) is 0 Å². The molecule has 0 radical (unpaired) electrons. The molecule has 2 aliphatic rings. The Morgan fingerprint density at radius 2 is 2.43 bits per heavy atom. The van der Waals surface area contributed by atoms with Crippen molar-refractivity contribution in [3.05, 3.63) is 0 Å². The van der Waals surface area contributed by atoms with Gasteiger partial charge in [0.15, 0.2) is 5.17 Å². The van der Waals surface area contributed by atoms with E-state index < -0.39 is 0 Å².